The van der Waals surface area contributed by atoms with Crippen LogP contribution < -0.4 is 0 Å². The zero-order valence-corrected chi connectivity index (χ0v) is 13.0. The van der Waals surface area contributed by atoms with Crippen LogP contribution in [0.15, 0.2) is 36.4 Å². The van der Waals surface area contributed by atoms with Crippen LogP contribution in [-0.4, -0.2) is 44.0 Å². The molecule has 6 nitrogen and oxygen atoms in total. The van der Waals surface area contributed by atoms with Gasteiger partial charge in [-0.2, -0.15) is 15.4 Å². The number of nitrogens with one attached hydrogen (secondary N) is 1. The lowest BCUT2D eigenvalue weighted by atomic mass is 10.0. The molecule has 1 fully saturated rings. The number of hydrogen-bond donors (Lipinski definition) is 2. The standard InChI is InChI=1S/C17H14F2N4O2/c18-10-3-1-2-9(4-10)15-7-12(24)8-23(15)17(25)13-5-11(19)6-14-16(13)21-22-20-14/h1-6,12,15,24H,7-8H2,(H,20,21,22). The molecule has 2 aromatic carbocycles. The molecule has 0 bridgehead atoms. The summed E-state index contributed by atoms with van der Waals surface area (Å²) in [4.78, 5) is 14.4. The van der Waals surface area contributed by atoms with Gasteiger partial charge >= 0.3 is 0 Å². The molecule has 2 atom stereocenters. The Hall–Kier alpha value is -2.87. The monoisotopic (exact) mass is 344 g/mol. The van der Waals surface area contributed by atoms with E-state index in [9.17, 15) is 18.7 Å². The van der Waals surface area contributed by atoms with Crippen LogP contribution >= 0.6 is 0 Å². The second-order valence-electron chi connectivity index (χ2n) is 6.06. The second kappa shape index (κ2) is 5.89. The van der Waals surface area contributed by atoms with E-state index >= 15 is 0 Å². The number of carbonyl (C=O) groups is 1. The lowest BCUT2D eigenvalue weighted by Crippen LogP contribution is -2.32. The molecule has 0 saturated carbocycles. The summed E-state index contributed by atoms with van der Waals surface area (Å²) >= 11 is 0. The Morgan fingerprint density at radius 3 is 2.84 bits per heavy atom. The van der Waals surface area contributed by atoms with Gasteiger partial charge in [-0.25, -0.2) is 8.78 Å². The molecule has 1 aliphatic heterocycles. The van der Waals surface area contributed by atoms with Crippen LogP contribution in [0.4, 0.5) is 8.78 Å². The van der Waals surface area contributed by atoms with Crippen molar-refractivity contribution < 1.29 is 18.7 Å². The molecule has 2 unspecified atom stereocenters. The highest BCUT2D eigenvalue weighted by molar-refractivity contribution is 6.04. The van der Waals surface area contributed by atoms with Crippen LogP contribution in [0.25, 0.3) is 11.0 Å². The molecule has 0 radical (unpaired) electrons. The van der Waals surface area contributed by atoms with Gasteiger partial charge in [0, 0.05) is 12.6 Å². The first-order valence-electron chi connectivity index (χ1n) is 7.77. The number of H-pyrrole nitrogens is 1. The molecule has 1 saturated heterocycles. The van der Waals surface area contributed by atoms with E-state index < -0.39 is 29.7 Å². The number of likely N-dealkylation sites (tertiary alicyclic amines) is 1. The highest BCUT2D eigenvalue weighted by Crippen LogP contribution is 2.34. The van der Waals surface area contributed by atoms with Gasteiger partial charge in [-0.3, -0.25) is 4.79 Å². The molecule has 1 aliphatic rings. The van der Waals surface area contributed by atoms with E-state index in [0.717, 1.165) is 6.07 Å². The van der Waals surface area contributed by atoms with E-state index in [1.807, 2.05) is 0 Å². The summed E-state index contributed by atoms with van der Waals surface area (Å²) in [5.74, 6) is -1.51. The van der Waals surface area contributed by atoms with Crippen molar-refractivity contribution in [3.05, 3.63) is 59.2 Å². The smallest absolute Gasteiger partial charge is 0.256 e. The average Bonchev–Trinajstić information content (AvgIpc) is 3.19. The van der Waals surface area contributed by atoms with Gasteiger partial charge in [-0.05, 0) is 30.2 Å². The van der Waals surface area contributed by atoms with Crippen molar-refractivity contribution in [3.63, 3.8) is 0 Å². The van der Waals surface area contributed by atoms with Crippen LogP contribution in [0, 0.1) is 11.6 Å². The SMILES string of the molecule is O=C(c1cc(F)cc2n[nH]nc12)N1CC(O)CC1c1cccc(F)c1. The minimum absolute atomic E-state index is 0.0549. The fraction of sp³-hybridized carbons (Fsp3) is 0.235. The van der Waals surface area contributed by atoms with Crippen molar-refractivity contribution in [2.24, 2.45) is 0 Å². The van der Waals surface area contributed by atoms with E-state index in [0.29, 0.717) is 5.56 Å². The molecule has 0 aliphatic carbocycles. The van der Waals surface area contributed by atoms with Gasteiger partial charge in [-0.15, -0.1) is 0 Å². The predicted molar refractivity (Wildman–Crippen MR) is 84.6 cm³/mol. The fourth-order valence-corrected chi connectivity index (χ4v) is 3.30. The normalized spacial score (nSPS) is 20.4. The molecule has 3 aromatic rings. The van der Waals surface area contributed by atoms with Crippen molar-refractivity contribution >= 4 is 16.9 Å². The Kier molecular flexibility index (Phi) is 3.69. The Bertz CT molecular complexity index is 959. The highest BCUT2D eigenvalue weighted by Gasteiger charge is 2.36. The van der Waals surface area contributed by atoms with Gasteiger partial charge in [-0.1, -0.05) is 12.1 Å². The number of aromatic amines is 1. The van der Waals surface area contributed by atoms with Crippen molar-refractivity contribution in [2.45, 2.75) is 18.6 Å². The number of β-amino-alcohol motifs (C(OH)–C–C–N with tert-alkyl or cyclic N) is 1. The number of aliphatic hydroxyl groups excluding tert-OH is 1. The molecule has 25 heavy (non-hydrogen) atoms. The van der Waals surface area contributed by atoms with Gasteiger partial charge in [0.25, 0.3) is 5.91 Å². The molecule has 128 valence electrons. The number of hydrogen-bond acceptors (Lipinski definition) is 4. The molecule has 1 aromatic heterocycles. The fourth-order valence-electron chi connectivity index (χ4n) is 3.30. The van der Waals surface area contributed by atoms with Gasteiger partial charge in [0.15, 0.2) is 0 Å². The summed E-state index contributed by atoms with van der Waals surface area (Å²) in [5.41, 5.74) is 1.13. The van der Waals surface area contributed by atoms with Crippen LogP contribution in [0.2, 0.25) is 0 Å². The predicted octanol–water partition coefficient (Wildman–Crippen LogP) is 2.18. The third-order valence-electron chi connectivity index (χ3n) is 4.39. The maximum Gasteiger partial charge on any atom is 0.256 e. The summed E-state index contributed by atoms with van der Waals surface area (Å²) in [6, 6.07) is 7.67. The Morgan fingerprint density at radius 2 is 2.04 bits per heavy atom. The molecule has 8 heteroatoms. The van der Waals surface area contributed by atoms with E-state index in [4.69, 9.17) is 0 Å². The number of fused-ring (bicyclic) bond motifs is 1. The van der Waals surface area contributed by atoms with Crippen LogP contribution in [0.1, 0.15) is 28.4 Å². The first-order chi connectivity index (χ1) is 12.0. The van der Waals surface area contributed by atoms with Crippen molar-refractivity contribution in [1.29, 1.82) is 0 Å². The number of halogens is 2. The van der Waals surface area contributed by atoms with Gasteiger partial charge in [0.05, 0.1) is 17.7 Å². The molecule has 0 spiro atoms. The lowest BCUT2D eigenvalue weighted by molar-refractivity contribution is 0.0717. The largest absolute Gasteiger partial charge is 0.391 e. The molecule has 2 N–H and O–H groups in total. The summed E-state index contributed by atoms with van der Waals surface area (Å²) in [5, 5.41) is 20.1. The summed E-state index contributed by atoms with van der Waals surface area (Å²) in [6.07, 6.45) is -0.453. The van der Waals surface area contributed by atoms with Crippen LogP contribution in [-0.2, 0) is 0 Å². The number of nitrogens with zero attached hydrogens (tertiary/aromatic N) is 3. The Morgan fingerprint density at radius 1 is 1.20 bits per heavy atom. The first kappa shape index (κ1) is 15.6. The molecular formula is C17H14F2N4O2. The van der Waals surface area contributed by atoms with Gasteiger partial charge in [0.1, 0.15) is 22.7 Å². The molecule has 2 heterocycles. The van der Waals surface area contributed by atoms with Crippen molar-refractivity contribution in [2.75, 3.05) is 6.54 Å². The lowest BCUT2D eigenvalue weighted by Gasteiger charge is -2.25. The third kappa shape index (κ3) is 2.74. The second-order valence-corrected chi connectivity index (χ2v) is 6.06. The van der Waals surface area contributed by atoms with E-state index in [2.05, 4.69) is 15.4 Å². The topological polar surface area (TPSA) is 82.1 Å². The highest BCUT2D eigenvalue weighted by atomic mass is 19.1. The van der Waals surface area contributed by atoms with Crippen LogP contribution in [0.5, 0.6) is 0 Å². The van der Waals surface area contributed by atoms with Crippen molar-refractivity contribution in [1.82, 2.24) is 20.3 Å². The zero-order chi connectivity index (χ0) is 17.6. The van der Waals surface area contributed by atoms with E-state index in [1.54, 1.807) is 12.1 Å². The number of amides is 1. The van der Waals surface area contributed by atoms with Gasteiger partial charge < -0.3 is 10.0 Å². The van der Waals surface area contributed by atoms with Crippen LogP contribution in [0.3, 0.4) is 0 Å². The Balaban J connectivity index is 1.76. The minimum atomic E-state index is -0.737. The summed E-state index contributed by atoms with van der Waals surface area (Å²) < 4.78 is 27.4. The number of aromatic nitrogens is 3. The van der Waals surface area contributed by atoms with E-state index in [1.165, 1.54) is 23.1 Å². The van der Waals surface area contributed by atoms with E-state index in [-0.39, 0.29) is 29.6 Å². The third-order valence-corrected chi connectivity index (χ3v) is 4.39. The maximum atomic E-state index is 13.8. The summed E-state index contributed by atoms with van der Waals surface area (Å²) in [7, 11) is 0. The quantitative estimate of drug-likeness (QED) is 0.747. The Labute approximate surface area is 141 Å². The number of carbonyl (C=O) groups excluding carboxylic acids is 1. The number of benzene rings is 2. The number of aliphatic hydroxyl groups is 1. The number of rotatable bonds is 2. The minimum Gasteiger partial charge on any atom is -0.391 e. The average molecular weight is 344 g/mol. The molecular weight excluding hydrogens is 330 g/mol. The zero-order valence-electron chi connectivity index (χ0n) is 13.0. The van der Waals surface area contributed by atoms with Gasteiger partial charge in [0.2, 0.25) is 0 Å². The maximum absolute atomic E-state index is 13.8. The first-order valence-corrected chi connectivity index (χ1v) is 7.77. The van der Waals surface area contributed by atoms with Crippen molar-refractivity contribution in [3.8, 4) is 0 Å². The molecule has 1 amide bonds. The summed E-state index contributed by atoms with van der Waals surface area (Å²) in [6.45, 7) is 0.0792. The molecule has 4 rings (SSSR count).